The minimum absolute atomic E-state index is 0.0316. The van der Waals surface area contributed by atoms with Crippen molar-refractivity contribution >= 4 is 82.9 Å². The third-order valence-corrected chi connectivity index (χ3v) is 11.4. The van der Waals surface area contributed by atoms with Crippen molar-refractivity contribution in [2.45, 2.75) is 41.5 Å². The number of hydrogen-bond acceptors (Lipinski definition) is 1. The molecule has 0 radical (unpaired) electrons. The van der Waals surface area contributed by atoms with E-state index in [9.17, 15) is 0 Å². The summed E-state index contributed by atoms with van der Waals surface area (Å²) in [6, 6.07) is 40.2. The van der Waals surface area contributed by atoms with Crippen LogP contribution in [-0.4, -0.2) is 6.72 Å². The molecule has 1 aliphatic rings. The Balaban J connectivity index is 0.00000147. The van der Waals surface area contributed by atoms with Gasteiger partial charge in [0.15, 0.2) is 0 Å². The number of aliphatic imine (C=N–C) groups is 1. The van der Waals surface area contributed by atoms with Crippen LogP contribution < -0.4 is 0 Å². The number of rotatable bonds is 10. The van der Waals surface area contributed by atoms with E-state index in [2.05, 4.69) is 197 Å². The maximum absolute atomic E-state index is 4.49. The molecule has 1 nitrogen and oxygen atoms in total. The van der Waals surface area contributed by atoms with E-state index >= 15 is 0 Å². The maximum Gasteiger partial charge on any atom is 0.0339 e. The fourth-order valence-corrected chi connectivity index (χ4v) is 8.87. The van der Waals surface area contributed by atoms with Gasteiger partial charge in [0.2, 0.25) is 0 Å². The van der Waals surface area contributed by atoms with Gasteiger partial charge in [-0.3, -0.25) is 4.99 Å². The smallest absolute Gasteiger partial charge is 0.0339 e. The van der Waals surface area contributed by atoms with Crippen LogP contribution >= 0.6 is 0 Å². The average molecular weight is 780 g/mol. The fourth-order valence-electron chi connectivity index (χ4n) is 8.87. The van der Waals surface area contributed by atoms with Crippen molar-refractivity contribution in [2.75, 3.05) is 0 Å². The molecule has 1 aliphatic carbocycles. The molecule has 2 atom stereocenters. The summed E-state index contributed by atoms with van der Waals surface area (Å²) in [6.45, 7) is 28.6. The molecule has 0 saturated heterocycles. The second-order valence-corrected chi connectivity index (χ2v) is 14.3. The number of nitrogens with zero attached hydrogens (tertiary/aromatic N) is 1. The highest BCUT2D eigenvalue weighted by Gasteiger charge is 2.31. The first-order chi connectivity index (χ1) is 29.5. The Bertz CT molecular complexity index is 2950. The first-order valence-corrected chi connectivity index (χ1v) is 21.3. The Hall–Kier alpha value is -6.83. The first kappa shape index (κ1) is 42.8. The predicted octanol–water partition coefficient (Wildman–Crippen LogP) is 17.4. The molecule has 1 heteroatoms. The van der Waals surface area contributed by atoms with Crippen molar-refractivity contribution in [3.05, 3.63) is 218 Å². The van der Waals surface area contributed by atoms with Crippen LogP contribution in [0.25, 0.3) is 76.2 Å². The van der Waals surface area contributed by atoms with E-state index in [0.717, 1.165) is 33.0 Å². The summed E-state index contributed by atoms with van der Waals surface area (Å²) in [7, 11) is 0. The molecule has 0 aromatic heterocycles. The summed E-state index contributed by atoms with van der Waals surface area (Å²) in [5.74, 6) is 0.0734. The number of benzene rings is 7. The molecule has 8 rings (SSSR count). The van der Waals surface area contributed by atoms with Crippen LogP contribution in [0.2, 0.25) is 0 Å². The predicted molar refractivity (Wildman–Crippen MR) is 272 cm³/mol. The van der Waals surface area contributed by atoms with Gasteiger partial charge in [-0.25, -0.2) is 0 Å². The van der Waals surface area contributed by atoms with Crippen LogP contribution in [0.15, 0.2) is 201 Å². The van der Waals surface area contributed by atoms with Gasteiger partial charge < -0.3 is 0 Å². The van der Waals surface area contributed by atoms with Gasteiger partial charge in [0.25, 0.3) is 0 Å². The molecule has 0 heterocycles. The van der Waals surface area contributed by atoms with Crippen molar-refractivity contribution in [3.8, 4) is 0 Å². The van der Waals surface area contributed by atoms with Crippen LogP contribution in [0.4, 0.5) is 0 Å². The molecule has 0 amide bonds. The van der Waals surface area contributed by atoms with Gasteiger partial charge in [-0.1, -0.05) is 193 Å². The largest absolute Gasteiger partial charge is 0.272 e. The van der Waals surface area contributed by atoms with E-state index in [1.807, 2.05) is 52.1 Å². The molecule has 0 spiro atoms. The molecule has 298 valence electrons. The molecule has 0 fully saturated rings. The third kappa shape index (κ3) is 7.84. The van der Waals surface area contributed by atoms with Crippen LogP contribution in [0.5, 0.6) is 0 Å². The zero-order chi connectivity index (χ0) is 42.8. The lowest BCUT2D eigenvalue weighted by Gasteiger charge is -2.33. The summed E-state index contributed by atoms with van der Waals surface area (Å²) in [6.07, 6.45) is 23.1. The van der Waals surface area contributed by atoms with E-state index in [0.29, 0.717) is 0 Å². The van der Waals surface area contributed by atoms with Crippen molar-refractivity contribution in [1.82, 2.24) is 0 Å². The third-order valence-electron chi connectivity index (χ3n) is 11.4. The van der Waals surface area contributed by atoms with Crippen molar-refractivity contribution < 1.29 is 0 Å². The minimum atomic E-state index is 0.0316. The van der Waals surface area contributed by atoms with E-state index in [-0.39, 0.29) is 11.8 Å². The second kappa shape index (κ2) is 19.7. The van der Waals surface area contributed by atoms with Gasteiger partial charge in [-0.05, 0) is 132 Å². The lowest BCUT2D eigenvalue weighted by molar-refractivity contribution is 0.706. The monoisotopic (exact) mass is 779 g/mol. The molecule has 0 N–H and O–H groups in total. The SMILES string of the molecule is C=C/C=C\C(=C/C)c1ccc2c(C3=CC=C(c4cccc5c4ccc4cc6ccccc6cc45)C(C=C)C3/C=C\C)c3ccccc3c(/C(C=C)=C/N=C)c2c1.CC.CC. The van der Waals surface area contributed by atoms with E-state index in [4.69, 9.17) is 0 Å². The van der Waals surface area contributed by atoms with Crippen LogP contribution in [-0.2, 0) is 0 Å². The summed E-state index contributed by atoms with van der Waals surface area (Å²) in [5, 5.41) is 12.2. The van der Waals surface area contributed by atoms with Gasteiger partial charge in [0.1, 0.15) is 0 Å². The molecule has 2 unspecified atom stereocenters. The quantitative estimate of drug-likeness (QED) is 0.0431. The Morgan fingerprint density at radius 1 is 0.583 bits per heavy atom. The molecular weight excluding hydrogens is 723 g/mol. The molecule has 60 heavy (non-hydrogen) atoms. The van der Waals surface area contributed by atoms with Crippen LogP contribution in [0, 0.1) is 11.8 Å². The van der Waals surface area contributed by atoms with Crippen LogP contribution in [0.3, 0.4) is 0 Å². The van der Waals surface area contributed by atoms with E-state index in [1.54, 1.807) is 0 Å². The van der Waals surface area contributed by atoms with Gasteiger partial charge in [-0.2, -0.15) is 0 Å². The number of allylic oxidation sites excluding steroid dienone is 14. The lowest BCUT2D eigenvalue weighted by atomic mass is 9.70. The topological polar surface area (TPSA) is 12.4 Å². The molecule has 0 bridgehead atoms. The van der Waals surface area contributed by atoms with E-state index in [1.165, 1.54) is 65.4 Å². The highest BCUT2D eigenvalue weighted by molar-refractivity contribution is 6.19. The van der Waals surface area contributed by atoms with Crippen molar-refractivity contribution in [2.24, 2.45) is 16.8 Å². The van der Waals surface area contributed by atoms with Crippen LogP contribution in [0.1, 0.15) is 63.8 Å². The zero-order valence-corrected chi connectivity index (χ0v) is 36.2. The summed E-state index contributed by atoms with van der Waals surface area (Å²) in [4.78, 5) is 4.21. The fraction of sp³-hybridized carbons (Fsp3) is 0.136. The Morgan fingerprint density at radius 2 is 1.25 bits per heavy atom. The van der Waals surface area contributed by atoms with Gasteiger partial charge >= 0.3 is 0 Å². The average Bonchev–Trinajstić information content (AvgIpc) is 3.30. The standard InChI is InChI=1S/C55H45N.2C2H6/c1-7-12-19-36(9-3)40-26-29-51-53(34-40)54(37(10-4)35-56-6)48-22-15-16-23-49(48)55(51)50-31-30-46(42(11-5)43(50)18-8-2)44-24-17-25-45-47(44)28-27-41-32-38-20-13-14-21-39(38)33-52(41)45;2*1-2/h7-35,42-43H,1,4-6H2,2-3H3;2*1-2H3/b18-8-,19-12-,36-9+,37-35+;;. The zero-order valence-electron chi connectivity index (χ0n) is 36.2. The molecule has 7 aromatic rings. The highest BCUT2D eigenvalue weighted by Crippen LogP contribution is 2.49. The van der Waals surface area contributed by atoms with E-state index < -0.39 is 0 Å². The molecule has 7 aromatic carbocycles. The Labute approximate surface area is 357 Å². The minimum Gasteiger partial charge on any atom is -0.272 e. The first-order valence-electron chi connectivity index (χ1n) is 21.3. The maximum atomic E-state index is 4.49. The number of fused-ring (bicyclic) bond motifs is 6. The summed E-state index contributed by atoms with van der Waals surface area (Å²) < 4.78 is 0. The van der Waals surface area contributed by atoms with Crippen molar-refractivity contribution in [3.63, 3.8) is 0 Å². The van der Waals surface area contributed by atoms with Gasteiger partial charge in [-0.15, -0.1) is 6.58 Å². The second-order valence-electron chi connectivity index (χ2n) is 14.3. The highest BCUT2D eigenvalue weighted by atomic mass is 14.6. The lowest BCUT2D eigenvalue weighted by Crippen LogP contribution is -2.18. The summed E-state index contributed by atoms with van der Waals surface area (Å²) in [5.41, 5.74) is 9.27. The molecular formula is C59H57N. The van der Waals surface area contributed by atoms with Crippen molar-refractivity contribution in [1.29, 1.82) is 0 Å². The Kier molecular flexibility index (Phi) is 14.1. The number of hydrogen-bond donors (Lipinski definition) is 0. The Morgan fingerprint density at radius 3 is 1.93 bits per heavy atom. The molecule has 0 saturated carbocycles. The molecule has 0 aliphatic heterocycles. The summed E-state index contributed by atoms with van der Waals surface area (Å²) >= 11 is 0. The van der Waals surface area contributed by atoms with Gasteiger partial charge in [0.05, 0.1) is 0 Å². The normalized spacial score (nSPS) is 15.7. The van der Waals surface area contributed by atoms with Gasteiger partial charge in [0, 0.05) is 23.6 Å².